The lowest BCUT2D eigenvalue weighted by Crippen LogP contribution is -2.12. The summed E-state index contributed by atoms with van der Waals surface area (Å²) in [4.78, 5) is 11.8. The van der Waals surface area contributed by atoms with E-state index in [-0.39, 0.29) is 5.56 Å². The Labute approximate surface area is 108 Å². The summed E-state index contributed by atoms with van der Waals surface area (Å²) >= 11 is 5.78. The van der Waals surface area contributed by atoms with Crippen LogP contribution in [-0.4, -0.2) is 11.0 Å². The van der Waals surface area contributed by atoms with Crippen LogP contribution in [0.25, 0.3) is 0 Å². The van der Waals surface area contributed by atoms with E-state index in [4.69, 9.17) is 11.6 Å². The topological polar surface area (TPSA) is 49.3 Å². The van der Waals surface area contributed by atoms with Crippen LogP contribution in [0.1, 0.15) is 10.4 Å². The molecule has 0 aromatic heterocycles. The van der Waals surface area contributed by atoms with E-state index in [0.29, 0.717) is 10.7 Å². The molecule has 0 bridgehead atoms. The van der Waals surface area contributed by atoms with Crippen molar-refractivity contribution in [2.75, 3.05) is 5.32 Å². The van der Waals surface area contributed by atoms with Gasteiger partial charge in [0.1, 0.15) is 11.6 Å². The van der Waals surface area contributed by atoms with Crippen molar-refractivity contribution in [1.82, 2.24) is 0 Å². The van der Waals surface area contributed by atoms with Crippen LogP contribution >= 0.6 is 11.6 Å². The Balaban J connectivity index is 2.22. The van der Waals surface area contributed by atoms with Crippen molar-refractivity contribution in [2.24, 2.45) is 0 Å². The van der Waals surface area contributed by atoms with Gasteiger partial charge in [0.25, 0.3) is 5.91 Å². The molecule has 2 rings (SSSR count). The Morgan fingerprint density at radius 1 is 1.22 bits per heavy atom. The normalized spacial score (nSPS) is 10.1. The molecule has 0 unspecified atom stereocenters. The van der Waals surface area contributed by atoms with Gasteiger partial charge < -0.3 is 10.4 Å². The average molecular weight is 266 g/mol. The minimum atomic E-state index is -0.605. The molecule has 5 heteroatoms. The summed E-state index contributed by atoms with van der Waals surface area (Å²) in [6.45, 7) is 0. The number of aromatic hydroxyl groups is 1. The Morgan fingerprint density at radius 2 is 2.00 bits per heavy atom. The predicted molar refractivity (Wildman–Crippen MR) is 67.5 cm³/mol. The number of nitrogens with one attached hydrogen (secondary N) is 1. The quantitative estimate of drug-likeness (QED) is 0.874. The van der Waals surface area contributed by atoms with Crippen LogP contribution in [0, 0.1) is 5.82 Å². The molecule has 1 amide bonds. The first kappa shape index (κ1) is 12.4. The van der Waals surface area contributed by atoms with E-state index >= 15 is 0 Å². The van der Waals surface area contributed by atoms with Gasteiger partial charge >= 0.3 is 0 Å². The van der Waals surface area contributed by atoms with Crippen molar-refractivity contribution < 1.29 is 14.3 Å². The molecule has 0 aliphatic rings. The third kappa shape index (κ3) is 2.78. The van der Waals surface area contributed by atoms with Gasteiger partial charge in [0.05, 0.1) is 5.56 Å². The monoisotopic (exact) mass is 265 g/mol. The second kappa shape index (κ2) is 5.06. The Bertz CT molecular complexity index is 601. The first-order valence-electron chi connectivity index (χ1n) is 5.12. The highest BCUT2D eigenvalue weighted by atomic mass is 35.5. The molecule has 0 atom stereocenters. The SMILES string of the molecule is O=C(Nc1cccc(Cl)c1)c1ccc(F)cc1O. The molecule has 2 aromatic carbocycles. The van der Waals surface area contributed by atoms with Gasteiger partial charge in [0.2, 0.25) is 0 Å². The number of amides is 1. The lowest BCUT2D eigenvalue weighted by molar-refractivity contribution is 0.102. The van der Waals surface area contributed by atoms with Crippen LogP contribution in [0.4, 0.5) is 10.1 Å². The summed E-state index contributed by atoms with van der Waals surface area (Å²) in [6, 6.07) is 9.78. The largest absolute Gasteiger partial charge is 0.507 e. The number of halogens is 2. The zero-order chi connectivity index (χ0) is 13.1. The van der Waals surface area contributed by atoms with E-state index in [1.165, 1.54) is 6.07 Å². The third-order valence-corrected chi connectivity index (χ3v) is 2.52. The maximum absolute atomic E-state index is 12.8. The van der Waals surface area contributed by atoms with Gasteiger partial charge in [-0.15, -0.1) is 0 Å². The summed E-state index contributed by atoms with van der Waals surface area (Å²) < 4.78 is 12.8. The molecule has 0 heterocycles. The molecule has 0 spiro atoms. The van der Waals surface area contributed by atoms with Crippen LogP contribution in [0.2, 0.25) is 5.02 Å². The van der Waals surface area contributed by atoms with Gasteiger partial charge in [0.15, 0.2) is 0 Å². The second-order valence-corrected chi connectivity index (χ2v) is 4.06. The fraction of sp³-hybridized carbons (Fsp3) is 0. The van der Waals surface area contributed by atoms with E-state index < -0.39 is 17.5 Å². The zero-order valence-corrected chi connectivity index (χ0v) is 9.91. The van der Waals surface area contributed by atoms with Gasteiger partial charge in [0, 0.05) is 16.8 Å². The fourth-order valence-corrected chi connectivity index (χ4v) is 1.65. The first-order chi connectivity index (χ1) is 8.56. The second-order valence-electron chi connectivity index (χ2n) is 3.63. The maximum atomic E-state index is 12.8. The summed E-state index contributed by atoms with van der Waals surface area (Å²) in [6.07, 6.45) is 0. The molecular formula is C13H9ClFNO2. The molecule has 0 saturated carbocycles. The number of rotatable bonds is 2. The van der Waals surface area contributed by atoms with Crippen LogP contribution < -0.4 is 5.32 Å². The summed E-state index contributed by atoms with van der Waals surface area (Å²) in [7, 11) is 0. The number of carbonyl (C=O) groups excluding carboxylic acids is 1. The molecule has 0 aliphatic carbocycles. The molecule has 2 aromatic rings. The van der Waals surface area contributed by atoms with Crippen molar-refractivity contribution in [3.63, 3.8) is 0 Å². The minimum Gasteiger partial charge on any atom is -0.507 e. The number of anilines is 1. The smallest absolute Gasteiger partial charge is 0.259 e. The molecule has 0 saturated heterocycles. The minimum absolute atomic E-state index is 0.00336. The fourth-order valence-electron chi connectivity index (χ4n) is 1.46. The number of phenolic OH excluding ortho intramolecular Hbond substituents is 1. The molecule has 3 nitrogen and oxygen atoms in total. The Morgan fingerprint density at radius 3 is 2.67 bits per heavy atom. The van der Waals surface area contributed by atoms with Crippen molar-refractivity contribution in [3.05, 3.63) is 58.9 Å². The predicted octanol–water partition coefficient (Wildman–Crippen LogP) is 3.44. The lowest BCUT2D eigenvalue weighted by atomic mass is 10.2. The average Bonchev–Trinajstić information content (AvgIpc) is 2.28. The molecular weight excluding hydrogens is 257 g/mol. The molecule has 0 radical (unpaired) electrons. The number of phenols is 1. The number of hydrogen-bond acceptors (Lipinski definition) is 2. The molecule has 92 valence electrons. The number of hydrogen-bond donors (Lipinski definition) is 2. The van der Waals surface area contributed by atoms with E-state index in [0.717, 1.165) is 12.1 Å². The summed E-state index contributed by atoms with van der Waals surface area (Å²) in [5.41, 5.74) is 0.493. The molecule has 0 aliphatic heterocycles. The van der Waals surface area contributed by atoms with Crippen LogP contribution in [0.3, 0.4) is 0 Å². The van der Waals surface area contributed by atoms with Gasteiger partial charge in [-0.3, -0.25) is 4.79 Å². The van der Waals surface area contributed by atoms with Gasteiger partial charge in [-0.05, 0) is 30.3 Å². The summed E-state index contributed by atoms with van der Waals surface area (Å²) in [5.74, 6) is -1.55. The number of carbonyl (C=O) groups is 1. The van der Waals surface area contributed by atoms with Crippen LogP contribution in [0.15, 0.2) is 42.5 Å². The molecule has 18 heavy (non-hydrogen) atoms. The van der Waals surface area contributed by atoms with Gasteiger partial charge in [-0.2, -0.15) is 0 Å². The third-order valence-electron chi connectivity index (χ3n) is 2.29. The van der Waals surface area contributed by atoms with E-state index in [1.54, 1.807) is 24.3 Å². The number of benzene rings is 2. The molecule has 0 fully saturated rings. The lowest BCUT2D eigenvalue weighted by Gasteiger charge is -2.07. The zero-order valence-electron chi connectivity index (χ0n) is 9.15. The van der Waals surface area contributed by atoms with Gasteiger partial charge in [-0.25, -0.2) is 4.39 Å². The Hall–Kier alpha value is -2.07. The van der Waals surface area contributed by atoms with Crippen molar-refractivity contribution in [1.29, 1.82) is 0 Å². The highest BCUT2D eigenvalue weighted by molar-refractivity contribution is 6.31. The first-order valence-corrected chi connectivity index (χ1v) is 5.49. The summed E-state index contributed by atoms with van der Waals surface area (Å²) in [5, 5.41) is 12.5. The van der Waals surface area contributed by atoms with E-state index in [1.807, 2.05) is 0 Å². The molecule has 2 N–H and O–H groups in total. The van der Waals surface area contributed by atoms with E-state index in [9.17, 15) is 14.3 Å². The van der Waals surface area contributed by atoms with Gasteiger partial charge in [-0.1, -0.05) is 17.7 Å². The van der Waals surface area contributed by atoms with Crippen molar-refractivity contribution in [3.8, 4) is 5.75 Å². The van der Waals surface area contributed by atoms with Crippen molar-refractivity contribution >= 4 is 23.2 Å². The van der Waals surface area contributed by atoms with Crippen LogP contribution in [-0.2, 0) is 0 Å². The highest BCUT2D eigenvalue weighted by Crippen LogP contribution is 2.21. The Kier molecular flexibility index (Phi) is 3.48. The highest BCUT2D eigenvalue weighted by Gasteiger charge is 2.12. The maximum Gasteiger partial charge on any atom is 0.259 e. The van der Waals surface area contributed by atoms with E-state index in [2.05, 4.69) is 5.32 Å². The standard InChI is InChI=1S/C13H9ClFNO2/c14-8-2-1-3-10(6-8)16-13(18)11-5-4-9(15)7-12(11)17/h1-7,17H,(H,16,18). The van der Waals surface area contributed by atoms with Crippen molar-refractivity contribution in [2.45, 2.75) is 0 Å². The van der Waals surface area contributed by atoms with Crippen LogP contribution in [0.5, 0.6) is 5.75 Å².